The van der Waals surface area contributed by atoms with E-state index < -0.39 is 36.7 Å². The van der Waals surface area contributed by atoms with Crippen molar-refractivity contribution in [1.82, 2.24) is 10.6 Å². The molecule has 9 nitrogen and oxygen atoms in total. The fraction of sp³-hybridized carbons (Fsp3) is 0.414. The molecule has 0 radical (unpaired) electrons. The van der Waals surface area contributed by atoms with Crippen LogP contribution in [-0.2, 0) is 30.4 Å². The Morgan fingerprint density at radius 1 is 0.927 bits per heavy atom. The molecule has 0 heterocycles. The molecular formula is C29H36F3N3O6. The summed E-state index contributed by atoms with van der Waals surface area (Å²) in [4.78, 5) is 34.8. The second kappa shape index (κ2) is 17.7. The number of carbonyl (C=O) groups is 3. The number of methoxy groups -OCH3 is 2. The highest BCUT2D eigenvalue weighted by Gasteiger charge is 2.28. The molecule has 0 unspecified atom stereocenters. The van der Waals surface area contributed by atoms with Crippen molar-refractivity contribution in [2.24, 2.45) is 5.73 Å². The summed E-state index contributed by atoms with van der Waals surface area (Å²) in [5, 5.41) is 5.57. The first-order valence-electron chi connectivity index (χ1n) is 12.6. The van der Waals surface area contributed by atoms with Gasteiger partial charge >= 0.3 is 18.1 Å². The van der Waals surface area contributed by atoms with Gasteiger partial charge in [-0.1, -0.05) is 30.9 Å². The number of halogens is 3. The number of carbonyl (C=O) groups excluding carboxylic acids is 3. The first-order chi connectivity index (χ1) is 19.3. The third-order valence-corrected chi connectivity index (χ3v) is 5.63. The van der Waals surface area contributed by atoms with Gasteiger partial charge < -0.3 is 30.6 Å². The van der Waals surface area contributed by atoms with Gasteiger partial charge in [0.05, 0.1) is 20.8 Å². The van der Waals surface area contributed by atoms with Gasteiger partial charge in [-0.25, -0.2) is 4.79 Å². The lowest BCUT2D eigenvalue weighted by molar-refractivity contribution is -0.176. The summed E-state index contributed by atoms with van der Waals surface area (Å²) in [5.41, 5.74) is 7.57. The molecule has 224 valence electrons. The quantitative estimate of drug-likeness (QED) is 0.290. The zero-order chi connectivity index (χ0) is 31.0. The minimum Gasteiger partial charge on any atom is -0.468 e. The number of benzene rings is 2. The number of likely N-dealkylation sites (N-methyl/N-ethyl adjacent to an activating group) is 1. The van der Waals surface area contributed by atoms with Crippen LogP contribution in [0, 0.1) is 11.8 Å². The van der Waals surface area contributed by atoms with Crippen molar-refractivity contribution >= 4 is 17.8 Å². The molecule has 2 aromatic carbocycles. The summed E-state index contributed by atoms with van der Waals surface area (Å²) < 4.78 is 50.1. The van der Waals surface area contributed by atoms with Crippen LogP contribution in [0.15, 0.2) is 48.5 Å². The molecule has 0 aliphatic rings. The Balaban J connectivity index is 0.000000915. The predicted molar refractivity (Wildman–Crippen MR) is 147 cm³/mol. The maximum Gasteiger partial charge on any atom is 0.411 e. The molecule has 12 heteroatoms. The van der Waals surface area contributed by atoms with Crippen molar-refractivity contribution in [1.29, 1.82) is 0 Å². The van der Waals surface area contributed by atoms with Crippen molar-refractivity contribution in [3.63, 3.8) is 0 Å². The van der Waals surface area contributed by atoms with E-state index in [9.17, 15) is 27.6 Å². The smallest absolute Gasteiger partial charge is 0.411 e. The van der Waals surface area contributed by atoms with Gasteiger partial charge in [-0.3, -0.25) is 9.59 Å². The van der Waals surface area contributed by atoms with E-state index in [4.69, 9.17) is 10.5 Å². The van der Waals surface area contributed by atoms with Crippen molar-refractivity contribution in [2.45, 2.75) is 51.2 Å². The Morgan fingerprint density at radius 2 is 1.44 bits per heavy atom. The fourth-order valence-electron chi connectivity index (χ4n) is 3.04. The lowest BCUT2D eigenvalue weighted by atomic mass is 10.1. The number of nitrogens with one attached hydrogen (secondary N) is 2. The van der Waals surface area contributed by atoms with Crippen LogP contribution < -0.4 is 16.4 Å². The number of hydrogen-bond acceptors (Lipinski definition) is 8. The maximum atomic E-state index is 12.5. The largest absolute Gasteiger partial charge is 0.468 e. The van der Waals surface area contributed by atoms with Crippen molar-refractivity contribution in [3.05, 3.63) is 70.8 Å². The highest BCUT2D eigenvalue weighted by molar-refractivity contribution is 5.97. The van der Waals surface area contributed by atoms with Gasteiger partial charge in [0, 0.05) is 22.7 Å². The Labute approximate surface area is 237 Å². The summed E-state index contributed by atoms with van der Waals surface area (Å²) in [6.45, 7) is 2.16. The van der Waals surface area contributed by atoms with Gasteiger partial charge in [-0.05, 0) is 62.4 Å². The molecule has 0 saturated carbocycles. The molecule has 0 aliphatic heterocycles. The Morgan fingerprint density at radius 3 is 1.85 bits per heavy atom. The average Bonchev–Trinajstić information content (AvgIpc) is 2.97. The normalized spacial score (nSPS) is 12.8. The van der Waals surface area contributed by atoms with Crippen LogP contribution in [0.3, 0.4) is 0 Å². The molecule has 0 spiro atoms. The lowest BCUT2D eigenvalue weighted by Crippen LogP contribution is -2.52. The van der Waals surface area contributed by atoms with E-state index in [2.05, 4.69) is 31.9 Å². The highest BCUT2D eigenvalue weighted by Crippen LogP contribution is 2.16. The molecule has 2 rings (SSSR count). The standard InChI is InChI=1S/C24H25F3N2O4.C5H11NO2/c1-16(28-2)21(23(31)32-3)29-22(30)20-12-10-18(11-13-20)5-4-17-6-8-19(9-7-17)14-33-15-24(25,26)27;1-3-4(6)5(7)8-2/h6-13,16,21,28H,14-15H2,1-3H3,(H,29,30);4H,3,6H2,1-2H3/t16-,21+;4-/m10/s1. The minimum absolute atomic E-state index is 0.138. The van der Waals surface area contributed by atoms with Gasteiger partial charge in [0.1, 0.15) is 18.7 Å². The molecule has 0 saturated heterocycles. The van der Waals surface area contributed by atoms with Crippen LogP contribution in [0.25, 0.3) is 0 Å². The first kappa shape index (κ1) is 35.1. The van der Waals surface area contributed by atoms with Gasteiger partial charge in [-0.15, -0.1) is 0 Å². The Kier molecular flexibility index (Phi) is 15.2. The van der Waals surface area contributed by atoms with Crippen molar-refractivity contribution in [3.8, 4) is 11.8 Å². The van der Waals surface area contributed by atoms with E-state index in [0.29, 0.717) is 28.7 Å². The highest BCUT2D eigenvalue weighted by atomic mass is 19.4. The summed E-state index contributed by atoms with van der Waals surface area (Å²) in [5.74, 6) is 4.60. The second-order valence-electron chi connectivity index (χ2n) is 8.72. The number of ether oxygens (including phenoxy) is 3. The molecule has 4 N–H and O–H groups in total. The minimum atomic E-state index is -4.35. The van der Waals surface area contributed by atoms with Crippen molar-refractivity contribution in [2.75, 3.05) is 27.9 Å². The Hall–Kier alpha value is -3.92. The topological polar surface area (TPSA) is 129 Å². The molecule has 1 amide bonds. The van der Waals surface area contributed by atoms with E-state index in [1.807, 2.05) is 6.92 Å². The predicted octanol–water partition coefficient (Wildman–Crippen LogP) is 2.94. The summed E-state index contributed by atoms with van der Waals surface area (Å²) >= 11 is 0. The zero-order valence-corrected chi connectivity index (χ0v) is 23.6. The molecule has 0 fully saturated rings. The van der Waals surface area contributed by atoms with E-state index in [0.717, 1.165) is 0 Å². The third kappa shape index (κ3) is 13.3. The van der Waals surface area contributed by atoms with Crippen molar-refractivity contribution < 1.29 is 41.8 Å². The summed E-state index contributed by atoms with van der Waals surface area (Å²) in [7, 11) is 4.26. The van der Waals surface area contributed by atoms with Gasteiger partial charge in [0.25, 0.3) is 5.91 Å². The molecule has 0 aliphatic carbocycles. The molecule has 41 heavy (non-hydrogen) atoms. The van der Waals surface area contributed by atoms with Crippen LogP contribution in [-0.4, -0.2) is 70.0 Å². The average molecular weight is 580 g/mol. The van der Waals surface area contributed by atoms with Crippen LogP contribution >= 0.6 is 0 Å². The van der Waals surface area contributed by atoms with E-state index in [1.165, 1.54) is 14.2 Å². The van der Waals surface area contributed by atoms with Gasteiger partial charge in [-0.2, -0.15) is 13.2 Å². The first-order valence-corrected chi connectivity index (χ1v) is 12.6. The number of esters is 2. The molecule has 0 bridgehead atoms. The van der Waals surface area contributed by atoms with Crippen LogP contribution in [0.2, 0.25) is 0 Å². The van der Waals surface area contributed by atoms with Gasteiger partial charge in [0.15, 0.2) is 0 Å². The molecule has 0 aromatic heterocycles. The monoisotopic (exact) mass is 579 g/mol. The lowest BCUT2D eigenvalue weighted by Gasteiger charge is -2.22. The molecule has 2 aromatic rings. The Bertz CT molecular complexity index is 1180. The molecular weight excluding hydrogens is 543 g/mol. The van der Waals surface area contributed by atoms with Crippen LogP contribution in [0.1, 0.15) is 47.3 Å². The number of hydrogen-bond donors (Lipinski definition) is 3. The van der Waals surface area contributed by atoms with Crippen LogP contribution in [0.5, 0.6) is 0 Å². The third-order valence-electron chi connectivity index (χ3n) is 5.63. The number of rotatable bonds is 10. The van der Waals surface area contributed by atoms with E-state index >= 15 is 0 Å². The maximum absolute atomic E-state index is 12.5. The zero-order valence-electron chi connectivity index (χ0n) is 23.6. The molecule has 3 atom stereocenters. The summed E-state index contributed by atoms with van der Waals surface area (Å²) in [6.07, 6.45) is -3.72. The fourth-order valence-corrected chi connectivity index (χ4v) is 3.04. The second-order valence-corrected chi connectivity index (χ2v) is 8.72. The van der Waals surface area contributed by atoms with Crippen LogP contribution in [0.4, 0.5) is 13.2 Å². The SMILES string of the molecule is CC[C@H](N)C(=O)OC.CN[C@H](C)[C@H](NC(=O)c1ccc(C#Cc2ccc(COCC(F)(F)F)cc2)cc1)C(=O)OC. The number of alkyl halides is 3. The van der Waals surface area contributed by atoms with E-state index in [1.54, 1.807) is 62.5 Å². The summed E-state index contributed by atoms with van der Waals surface area (Å²) in [6, 6.07) is 11.6. The number of nitrogens with two attached hydrogens (primary N) is 1. The van der Waals surface area contributed by atoms with E-state index in [-0.39, 0.29) is 18.6 Å². The number of amides is 1. The van der Waals surface area contributed by atoms with Gasteiger partial charge in [0.2, 0.25) is 0 Å².